The fraction of sp³-hybridized carbons (Fsp3) is 0.167. The van der Waals surface area contributed by atoms with E-state index < -0.39 is 0 Å². The third-order valence-electron chi connectivity index (χ3n) is 2.32. The molecule has 0 aliphatic rings. The monoisotopic (exact) mass is 219 g/mol. The van der Waals surface area contributed by atoms with Crippen molar-refractivity contribution in [2.75, 3.05) is 7.11 Å². The van der Waals surface area contributed by atoms with Crippen molar-refractivity contribution in [1.82, 2.24) is 0 Å². The maximum Gasteiger partial charge on any atom is 0.118 e. The van der Waals surface area contributed by atoms with Crippen LogP contribution in [0.15, 0.2) is 41.8 Å². The molecule has 78 valence electrons. The lowest BCUT2D eigenvalue weighted by Gasteiger charge is -2.10. The highest BCUT2D eigenvalue weighted by Crippen LogP contribution is 2.24. The minimum atomic E-state index is -0.0316. The molecule has 1 aromatic carbocycles. The molecule has 1 unspecified atom stereocenters. The van der Waals surface area contributed by atoms with Gasteiger partial charge in [-0.2, -0.15) is 0 Å². The van der Waals surface area contributed by atoms with Crippen LogP contribution in [0.5, 0.6) is 5.75 Å². The Morgan fingerprint density at radius 3 is 2.47 bits per heavy atom. The lowest BCUT2D eigenvalue weighted by Crippen LogP contribution is -2.09. The summed E-state index contributed by atoms with van der Waals surface area (Å²) in [5.41, 5.74) is 7.23. The lowest BCUT2D eigenvalue weighted by atomic mass is 10.1. The molecule has 2 rings (SSSR count). The van der Waals surface area contributed by atoms with E-state index in [1.165, 1.54) is 4.88 Å². The first-order chi connectivity index (χ1) is 7.31. The van der Waals surface area contributed by atoms with Crippen LogP contribution in [-0.2, 0) is 0 Å². The Kier molecular flexibility index (Phi) is 3.04. The molecule has 3 heteroatoms. The third-order valence-corrected chi connectivity index (χ3v) is 3.28. The van der Waals surface area contributed by atoms with E-state index in [0.29, 0.717) is 0 Å². The van der Waals surface area contributed by atoms with Crippen LogP contribution in [-0.4, -0.2) is 7.11 Å². The molecule has 1 atom stereocenters. The van der Waals surface area contributed by atoms with Gasteiger partial charge in [0.15, 0.2) is 0 Å². The van der Waals surface area contributed by atoms with Gasteiger partial charge in [-0.3, -0.25) is 0 Å². The molecule has 2 nitrogen and oxygen atoms in total. The van der Waals surface area contributed by atoms with Crippen LogP contribution in [0, 0.1) is 0 Å². The van der Waals surface area contributed by atoms with Gasteiger partial charge in [0.25, 0.3) is 0 Å². The molecular weight excluding hydrogens is 206 g/mol. The van der Waals surface area contributed by atoms with Gasteiger partial charge in [-0.05, 0) is 29.1 Å². The van der Waals surface area contributed by atoms with E-state index >= 15 is 0 Å². The Labute approximate surface area is 93.3 Å². The van der Waals surface area contributed by atoms with E-state index in [-0.39, 0.29) is 6.04 Å². The number of rotatable bonds is 3. The molecule has 0 amide bonds. The number of hydrogen-bond donors (Lipinski definition) is 1. The Bertz CT molecular complexity index is 408. The van der Waals surface area contributed by atoms with Crippen LogP contribution in [0.4, 0.5) is 0 Å². The van der Waals surface area contributed by atoms with E-state index in [0.717, 1.165) is 11.3 Å². The van der Waals surface area contributed by atoms with Crippen LogP contribution in [0.3, 0.4) is 0 Å². The summed E-state index contributed by atoms with van der Waals surface area (Å²) in [7, 11) is 1.66. The van der Waals surface area contributed by atoms with Crippen molar-refractivity contribution >= 4 is 11.3 Å². The summed E-state index contributed by atoms with van der Waals surface area (Å²) in [5.74, 6) is 0.858. The second-order valence-electron chi connectivity index (χ2n) is 3.27. The number of benzene rings is 1. The first kappa shape index (κ1) is 10.2. The van der Waals surface area contributed by atoms with Crippen molar-refractivity contribution < 1.29 is 4.74 Å². The van der Waals surface area contributed by atoms with Gasteiger partial charge in [-0.15, -0.1) is 11.3 Å². The van der Waals surface area contributed by atoms with Crippen molar-refractivity contribution in [2.24, 2.45) is 5.73 Å². The van der Waals surface area contributed by atoms with E-state index in [1.807, 2.05) is 35.7 Å². The first-order valence-electron chi connectivity index (χ1n) is 4.74. The molecular formula is C12H13NOS. The highest BCUT2D eigenvalue weighted by atomic mass is 32.1. The zero-order valence-corrected chi connectivity index (χ0v) is 9.33. The summed E-state index contributed by atoms with van der Waals surface area (Å²) in [5, 5.41) is 2.04. The Balaban J connectivity index is 2.22. The number of nitrogens with two attached hydrogens (primary N) is 1. The fourth-order valence-electron chi connectivity index (χ4n) is 1.44. The SMILES string of the molecule is COc1ccc(C(N)c2cccs2)cc1. The number of thiophene rings is 1. The van der Waals surface area contributed by atoms with E-state index in [1.54, 1.807) is 18.4 Å². The largest absolute Gasteiger partial charge is 0.497 e. The van der Waals surface area contributed by atoms with Crippen LogP contribution in [0.1, 0.15) is 16.5 Å². The smallest absolute Gasteiger partial charge is 0.118 e. The van der Waals surface area contributed by atoms with Crippen LogP contribution >= 0.6 is 11.3 Å². The topological polar surface area (TPSA) is 35.2 Å². The van der Waals surface area contributed by atoms with Gasteiger partial charge in [0.05, 0.1) is 13.2 Å². The number of ether oxygens (including phenoxy) is 1. The third kappa shape index (κ3) is 2.19. The molecule has 0 radical (unpaired) electrons. The highest BCUT2D eigenvalue weighted by Gasteiger charge is 2.09. The molecule has 15 heavy (non-hydrogen) atoms. The molecule has 0 bridgehead atoms. The molecule has 0 saturated heterocycles. The molecule has 2 N–H and O–H groups in total. The second-order valence-corrected chi connectivity index (χ2v) is 4.25. The number of methoxy groups -OCH3 is 1. The van der Waals surface area contributed by atoms with Gasteiger partial charge < -0.3 is 10.5 Å². The molecule has 1 heterocycles. The van der Waals surface area contributed by atoms with Gasteiger partial charge >= 0.3 is 0 Å². The molecule has 0 aliphatic carbocycles. The Morgan fingerprint density at radius 1 is 1.20 bits per heavy atom. The first-order valence-corrected chi connectivity index (χ1v) is 5.62. The van der Waals surface area contributed by atoms with Gasteiger partial charge in [0.1, 0.15) is 5.75 Å². The van der Waals surface area contributed by atoms with Crippen molar-refractivity contribution in [3.63, 3.8) is 0 Å². The zero-order valence-electron chi connectivity index (χ0n) is 8.51. The molecule has 0 saturated carbocycles. The highest BCUT2D eigenvalue weighted by molar-refractivity contribution is 7.10. The predicted octanol–water partition coefficient (Wildman–Crippen LogP) is 2.80. The standard InChI is InChI=1S/C12H13NOS/c1-14-10-6-4-9(5-7-10)12(13)11-3-2-8-15-11/h2-8,12H,13H2,1H3. The summed E-state index contributed by atoms with van der Waals surface area (Å²) >= 11 is 1.68. The zero-order chi connectivity index (χ0) is 10.7. The van der Waals surface area contributed by atoms with Crippen LogP contribution < -0.4 is 10.5 Å². The minimum absolute atomic E-state index is 0.0316. The van der Waals surface area contributed by atoms with Gasteiger partial charge in [-0.1, -0.05) is 18.2 Å². The average molecular weight is 219 g/mol. The molecule has 1 aromatic heterocycles. The molecule has 0 aliphatic heterocycles. The van der Waals surface area contributed by atoms with Crippen LogP contribution in [0.25, 0.3) is 0 Å². The molecule has 2 aromatic rings. The Morgan fingerprint density at radius 2 is 1.93 bits per heavy atom. The average Bonchev–Trinajstić information content (AvgIpc) is 2.82. The quantitative estimate of drug-likeness (QED) is 0.861. The molecule has 0 fully saturated rings. The number of hydrogen-bond acceptors (Lipinski definition) is 3. The van der Waals surface area contributed by atoms with Crippen LogP contribution in [0.2, 0.25) is 0 Å². The van der Waals surface area contributed by atoms with Gasteiger partial charge in [-0.25, -0.2) is 0 Å². The van der Waals surface area contributed by atoms with Crippen molar-refractivity contribution in [3.05, 3.63) is 52.2 Å². The van der Waals surface area contributed by atoms with Gasteiger partial charge in [0.2, 0.25) is 0 Å². The van der Waals surface area contributed by atoms with Crippen molar-refractivity contribution in [3.8, 4) is 5.75 Å². The van der Waals surface area contributed by atoms with Gasteiger partial charge in [0, 0.05) is 4.88 Å². The molecule has 0 spiro atoms. The maximum absolute atomic E-state index is 6.12. The second kappa shape index (κ2) is 4.47. The summed E-state index contributed by atoms with van der Waals surface area (Å²) in [4.78, 5) is 1.18. The summed E-state index contributed by atoms with van der Waals surface area (Å²) in [6.45, 7) is 0. The lowest BCUT2D eigenvalue weighted by molar-refractivity contribution is 0.414. The van der Waals surface area contributed by atoms with Crippen molar-refractivity contribution in [2.45, 2.75) is 6.04 Å². The fourth-order valence-corrected chi connectivity index (χ4v) is 2.20. The summed E-state index contributed by atoms with van der Waals surface area (Å²) in [6, 6.07) is 11.9. The predicted molar refractivity (Wildman–Crippen MR) is 63.3 cm³/mol. The maximum atomic E-state index is 6.12. The summed E-state index contributed by atoms with van der Waals surface area (Å²) < 4.78 is 5.10. The van der Waals surface area contributed by atoms with E-state index in [4.69, 9.17) is 10.5 Å². The normalized spacial score (nSPS) is 12.4. The van der Waals surface area contributed by atoms with E-state index in [2.05, 4.69) is 6.07 Å². The Hall–Kier alpha value is -1.32. The van der Waals surface area contributed by atoms with E-state index in [9.17, 15) is 0 Å². The van der Waals surface area contributed by atoms with Crippen molar-refractivity contribution in [1.29, 1.82) is 0 Å². The minimum Gasteiger partial charge on any atom is -0.497 e. The summed E-state index contributed by atoms with van der Waals surface area (Å²) in [6.07, 6.45) is 0.